The Morgan fingerprint density at radius 3 is 2.35 bits per heavy atom. The summed E-state index contributed by atoms with van der Waals surface area (Å²) in [6.45, 7) is 4.36. The molecule has 0 unspecified atom stereocenters. The molecule has 0 aromatic heterocycles. The topological polar surface area (TPSA) is 12.0 Å². The van der Waals surface area contributed by atoms with E-state index in [2.05, 4.69) is 36.5 Å². The Morgan fingerprint density at radius 1 is 1.06 bits per heavy atom. The zero-order valence-electron chi connectivity index (χ0n) is 10.7. The summed E-state index contributed by atoms with van der Waals surface area (Å²) < 4.78 is 0. The molecule has 2 heteroatoms. The standard InChI is InChI=1S/C15H23N.ClH/c1-13-7-9-15(10-8-13)12-16-11-14-5-3-2-4-6-14;/h7-10,14,16H,2-6,11-12H2,1H3;1H. The Hall–Kier alpha value is -0.530. The van der Waals surface area contributed by atoms with E-state index >= 15 is 0 Å². The Morgan fingerprint density at radius 2 is 1.71 bits per heavy atom. The van der Waals surface area contributed by atoms with Crippen molar-refractivity contribution in [3.63, 3.8) is 0 Å². The van der Waals surface area contributed by atoms with Crippen LogP contribution in [-0.4, -0.2) is 6.54 Å². The zero-order chi connectivity index (χ0) is 11.2. The lowest BCUT2D eigenvalue weighted by Crippen LogP contribution is -2.24. The molecule has 0 atom stereocenters. The number of hydrogen-bond acceptors (Lipinski definition) is 1. The predicted octanol–water partition coefficient (Wildman–Crippen LogP) is 4.09. The van der Waals surface area contributed by atoms with Crippen molar-refractivity contribution in [3.8, 4) is 0 Å². The zero-order valence-corrected chi connectivity index (χ0v) is 11.6. The van der Waals surface area contributed by atoms with Gasteiger partial charge in [-0.3, -0.25) is 0 Å². The third-order valence-electron chi connectivity index (χ3n) is 3.61. The Bertz CT molecular complexity index is 301. The largest absolute Gasteiger partial charge is 0.312 e. The summed E-state index contributed by atoms with van der Waals surface area (Å²) in [5.74, 6) is 0.930. The molecule has 1 aliphatic carbocycles. The van der Waals surface area contributed by atoms with E-state index in [1.807, 2.05) is 0 Å². The molecule has 1 aromatic carbocycles. The molecule has 0 amide bonds. The molecule has 0 radical (unpaired) electrons. The molecule has 1 aromatic rings. The van der Waals surface area contributed by atoms with E-state index in [-0.39, 0.29) is 12.4 Å². The number of benzene rings is 1. The highest BCUT2D eigenvalue weighted by molar-refractivity contribution is 5.85. The molecule has 0 heterocycles. The second kappa shape index (κ2) is 7.73. The van der Waals surface area contributed by atoms with Crippen LogP contribution in [0.1, 0.15) is 43.2 Å². The quantitative estimate of drug-likeness (QED) is 0.853. The van der Waals surface area contributed by atoms with Crippen LogP contribution in [0.15, 0.2) is 24.3 Å². The van der Waals surface area contributed by atoms with Crippen molar-refractivity contribution in [2.24, 2.45) is 5.92 Å². The van der Waals surface area contributed by atoms with Crippen molar-refractivity contribution in [1.29, 1.82) is 0 Å². The lowest BCUT2D eigenvalue weighted by Gasteiger charge is -2.21. The molecule has 1 nitrogen and oxygen atoms in total. The fraction of sp³-hybridized carbons (Fsp3) is 0.600. The van der Waals surface area contributed by atoms with E-state index < -0.39 is 0 Å². The molecule has 0 saturated heterocycles. The number of aryl methyl sites for hydroxylation is 1. The van der Waals surface area contributed by atoms with Crippen molar-refractivity contribution < 1.29 is 0 Å². The second-order valence-corrected chi connectivity index (χ2v) is 5.12. The van der Waals surface area contributed by atoms with Crippen LogP contribution in [0.4, 0.5) is 0 Å². The van der Waals surface area contributed by atoms with E-state index in [0.29, 0.717) is 0 Å². The summed E-state index contributed by atoms with van der Waals surface area (Å²) in [5.41, 5.74) is 2.75. The summed E-state index contributed by atoms with van der Waals surface area (Å²) in [5, 5.41) is 3.59. The minimum atomic E-state index is 0. The number of rotatable bonds is 4. The minimum Gasteiger partial charge on any atom is -0.312 e. The van der Waals surface area contributed by atoms with Crippen molar-refractivity contribution in [1.82, 2.24) is 5.32 Å². The average Bonchev–Trinajstić information content (AvgIpc) is 2.33. The summed E-state index contributed by atoms with van der Waals surface area (Å²) >= 11 is 0. The molecule has 0 bridgehead atoms. The van der Waals surface area contributed by atoms with E-state index in [0.717, 1.165) is 12.5 Å². The van der Waals surface area contributed by atoms with Crippen LogP contribution in [0.25, 0.3) is 0 Å². The maximum absolute atomic E-state index is 3.59. The van der Waals surface area contributed by atoms with Crippen LogP contribution in [0.2, 0.25) is 0 Å². The molecule has 1 fully saturated rings. The van der Waals surface area contributed by atoms with Gasteiger partial charge in [-0.05, 0) is 37.8 Å². The molecule has 17 heavy (non-hydrogen) atoms. The van der Waals surface area contributed by atoms with Crippen molar-refractivity contribution in [2.75, 3.05) is 6.54 Å². The molecule has 1 saturated carbocycles. The molecule has 1 N–H and O–H groups in total. The van der Waals surface area contributed by atoms with Crippen molar-refractivity contribution in [2.45, 2.75) is 45.6 Å². The maximum Gasteiger partial charge on any atom is 0.0205 e. The van der Waals surface area contributed by atoms with Gasteiger partial charge < -0.3 is 5.32 Å². The average molecular weight is 254 g/mol. The predicted molar refractivity (Wildman–Crippen MR) is 76.7 cm³/mol. The van der Waals surface area contributed by atoms with Crippen molar-refractivity contribution >= 4 is 12.4 Å². The molecular weight excluding hydrogens is 230 g/mol. The van der Waals surface area contributed by atoms with Crippen LogP contribution in [0.5, 0.6) is 0 Å². The third-order valence-corrected chi connectivity index (χ3v) is 3.61. The molecule has 1 aliphatic rings. The van der Waals surface area contributed by atoms with Crippen molar-refractivity contribution in [3.05, 3.63) is 35.4 Å². The van der Waals surface area contributed by atoms with Gasteiger partial charge in [0.25, 0.3) is 0 Å². The number of halogens is 1. The molecular formula is C15H24ClN. The fourth-order valence-electron chi connectivity index (χ4n) is 2.52. The number of nitrogens with one attached hydrogen (secondary N) is 1. The highest BCUT2D eigenvalue weighted by Crippen LogP contribution is 2.22. The summed E-state index contributed by atoms with van der Waals surface area (Å²) in [6.07, 6.45) is 7.20. The monoisotopic (exact) mass is 253 g/mol. The van der Waals surface area contributed by atoms with Gasteiger partial charge in [0.2, 0.25) is 0 Å². The summed E-state index contributed by atoms with van der Waals surface area (Å²) in [6, 6.07) is 8.83. The first kappa shape index (κ1) is 14.5. The second-order valence-electron chi connectivity index (χ2n) is 5.12. The Kier molecular flexibility index (Phi) is 6.61. The van der Waals surface area contributed by atoms with Gasteiger partial charge in [0.05, 0.1) is 0 Å². The van der Waals surface area contributed by atoms with E-state index in [4.69, 9.17) is 0 Å². The van der Waals surface area contributed by atoms with Gasteiger partial charge in [-0.2, -0.15) is 0 Å². The smallest absolute Gasteiger partial charge is 0.0205 e. The van der Waals surface area contributed by atoms with Gasteiger partial charge >= 0.3 is 0 Å². The molecule has 96 valence electrons. The Labute approximate surface area is 111 Å². The van der Waals surface area contributed by atoms with Gasteiger partial charge in [-0.25, -0.2) is 0 Å². The lowest BCUT2D eigenvalue weighted by atomic mass is 9.89. The van der Waals surface area contributed by atoms with Crippen LogP contribution < -0.4 is 5.32 Å². The van der Waals surface area contributed by atoms with Gasteiger partial charge in [0.1, 0.15) is 0 Å². The first-order valence-corrected chi connectivity index (χ1v) is 6.61. The van der Waals surface area contributed by atoms with Crippen LogP contribution in [-0.2, 0) is 6.54 Å². The van der Waals surface area contributed by atoms with Gasteiger partial charge in [-0.1, -0.05) is 49.1 Å². The highest BCUT2D eigenvalue weighted by Gasteiger charge is 2.12. The van der Waals surface area contributed by atoms with Gasteiger partial charge in [0, 0.05) is 6.54 Å². The fourth-order valence-corrected chi connectivity index (χ4v) is 2.52. The van der Waals surface area contributed by atoms with Crippen LogP contribution >= 0.6 is 12.4 Å². The van der Waals surface area contributed by atoms with E-state index in [1.54, 1.807) is 0 Å². The lowest BCUT2D eigenvalue weighted by molar-refractivity contribution is 0.342. The first-order valence-electron chi connectivity index (χ1n) is 6.61. The summed E-state index contributed by atoms with van der Waals surface area (Å²) in [4.78, 5) is 0. The molecule has 0 aliphatic heterocycles. The first-order chi connectivity index (χ1) is 7.84. The van der Waals surface area contributed by atoms with Crippen LogP contribution in [0.3, 0.4) is 0 Å². The van der Waals surface area contributed by atoms with E-state index in [9.17, 15) is 0 Å². The third kappa shape index (κ3) is 5.10. The SMILES string of the molecule is Cc1ccc(CNCC2CCCCC2)cc1.Cl. The highest BCUT2D eigenvalue weighted by atomic mass is 35.5. The normalized spacial score (nSPS) is 16.5. The molecule has 0 spiro atoms. The number of hydrogen-bond donors (Lipinski definition) is 1. The molecule has 2 rings (SSSR count). The van der Waals surface area contributed by atoms with Gasteiger partial charge in [-0.15, -0.1) is 12.4 Å². The maximum atomic E-state index is 3.59. The van der Waals surface area contributed by atoms with Gasteiger partial charge in [0.15, 0.2) is 0 Å². The minimum absolute atomic E-state index is 0. The summed E-state index contributed by atoms with van der Waals surface area (Å²) in [7, 11) is 0. The van der Waals surface area contributed by atoms with Crippen LogP contribution in [0, 0.1) is 12.8 Å². The van der Waals surface area contributed by atoms with E-state index in [1.165, 1.54) is 49.8 Å². The Balaban J connectivity index is 0.00000144.